The highest BCUT2D eigenvalue weighted by molar-refractivity contribution is 6.00. The van der Waals surface area contributed by atoms with Crippen molar-refractivity contribution in [3.63, 3.8) is 0 Å². The Labute approximate surface area is 149 Å². The van der Waals surface area contributed by atoms with Crippen LogP contribution in [0.15, 0.2) is 66.7 Å². The first kappa shape index (κ1) is 16.0. The van der Waals surface area contributed by atoms with Crippen molar-refractivity contribution in [2.45, 2.75) is 6.42 Å². The number of carboxylic acids is 1. The summed E-state index contributed by atoms with van der Waals surface area (Å²) in [6, 6.07) is 19.9. The maximum Gasteiger partial charge on any atom is 0.339 e. The van der Waals surface area contributed by atoms with E-state index in [4.69, 9.17) is 0 Å². The average molecular weight is 344 g/mol. The topological polar surface area (TPSA) is 77.8 Å². The molecule has 0 radical (unpaired) electrons. The number of aromatic carboxylic acids is 1. The van der Waals surface area contributed by atoms with Crippen LogP contribution in [-0.4, -0.2) is 21.3 Å². The number of hydrogen-bond donors (Lipinski definition) is 3. The van der Waals surface area contributed by atoms with Crippen LogP contribution in [0.2, 0.25) is 0 Å². The Balaban J connectivity index is 2.00. The molecule has 4 aromatic rings. The molecule has 0 aromatic heterocycles. The Kier molecular flexibility index (Phi) is 3.73. The number of benzene rings is 4. The third kappa shape index (κ3) is 2.52. The molecule has 0 unspecified atom stereocenters. The minimum atomic E-state index is -1.18. The number of carboxylic acid groups (broad SMARTS) is 1. The summed E-state index contributed by atoms with van der Waals surface area (Å²) < 4.78 is 0. The van der Waals surface area contributed by atoms with Crippen molar-refractivity contribution >= 4 is 27.5 Å². The van der Waals surface area contributed by atoms with Crippen LogP contribution >= 0.6 is 0 Å². The molecule has 4 heteroatoms. The molecule has 0 saturated heterocycles. The lowest BCUT2D eigenvalue weighted by atomic mass is 9.92. The van der Waals surface area contributed by atoms with Crippen molar-refractivity contribution in [2.75, 3.05) is 0 Å². The fourth-order valence-electron chi connectivity index (χ4n) is 3.44. The molecule has 0 aliphatic heterocycles. The zero-order valence-corrected chi connectivity index (χ0v) is 13.8. The summed E-state index contributed by atoms with van der Waals surface area (Å²) in [6.07, 6.45) is 0.223. The number of rotatable bonds is 3. The summed E-state index contributed by atoms with van der Waals surface area (Å²) in [7, 11) is 0. The van der Waals surface area contributed by atoms with Crippen LogP contribution in [0.4, 0.5) is 0 Å². The molecule has 0 bridgehead atoms. The summed E-state index contributed by atoms with van der Waals surface area (Å²) in [4.78, 5) is 11.5. The second-order valence-electron chi connectivity index (χ2n) is 6.24. The van der Waals surface area contributed by atoms with E-state index in [0.29, 0.717) is 11.1 Å². The van der Waals surface area contributed by atoms with Gasteiger partial charge < -0.3 is 15.3 Å². The molecular formula is C22H16O4. The number of phenolic OH excluding ortho intramolecular Hbond substituents is 1. The summed E-state index contributed by atoms with van der Waals surface area (Å²) in [5.41, 5.74) is 1.01. The van der Waals surface area contributed by atoms with Gasteiger partial charge in [0.2, 0.25) is 0 Å². The molecule has 4 aromatic carbocycles. The number of phenols is 2. The number of carbonyl (C=O) groups is 1. The molecule has 4 rings (SSSR count). The summed E-state index contributed by atoms with van der Waals surface area (Å²) in [6.45, 7) is 0. The van der Waals surface area contributed by atoms with Gasteiger partial charge in [0.1, 0.15) is 17.1 Å². The van der Waals surface area contributed by atoms with E-state index in [2.05, 4.69) is 0 Å². The van der Waals surface area contributed by atoms with Crippen molar-refractivity contribution in [2.24, 2.45) is 0 Å². The minimum Gasteiger partial charge on any atom is -0.508 e. The van der Waals surface area contributed by atoms with Gasteiger partial charge in [-0.15, -0.1) is 0 Å². The number of aromatic hydroxyl groups is 2. The van der Waals surface area contributed by atoms with Gasteiger partial charge in [-0.2, -0.15) is 0 Å². The van der Waals surface area contributed by atoms with Gasteiger partial charge in [0, 0.05) is 17.5 Å². The lowest BCUT2D eigenvalue weighted by Gasteiger charge is -2.14. The Hall–Kier alpha value is -3.53. The van der Waals surface area contributed by atoms with Gasteiger partial charge in [-0.3, -0.25) is 0 Å². The number of fused-ring (bicyclic) bond motifs is 2. The maximum atomic E-state index is 11.5. The van der Waals surface area contributed by atoms with Crippen LogP contribution in [-0.2, 0) is 6.42 Å². The first-order chi connectivity index (χ1) is 12.6. The van der Waals surface area contributed by atoms with E-state index >= 15 is 0 Å². The Morgan fingerprint density at radius 1 is 0.769 bits per heavy atom. The first-order valence-electron chi connectivity index (χ1n) is 8.22. The van der Waals surface area contributed by atoms with Gasteiger partial charge in [0.05, 0.1) is 0 Å². The number of hydrogen-bond acceptors (Lipinski definition) is 3. The molecule has 0 amide bonds. The van der Waals surface area contributed by atoms with Crippen molar-refractivity contribution in [3.8, 4) is 11.5 Å². The molecule has 0 aliphatic rings. The highest BCUT2D eigenvalue weighted by atomic mass is 16.4. The maximum absolute atomic E-state index is 11.5. The smallest absolute Gasteiger partial charge is 0.339 e. The van der Waals surface area contributed by atoms with Crippen LogP contribution in [0.1, 0.15) is 21.5 Å². The Morgan fingerprint density at radius 2 is 1.38 bits per heavy atom. The van der Waals surface area contributed by atoms with E-state index in [0.717, 1.165) is 21.5 Å². The van der Waals surface area contributed by atoms with Crippen LogP contribution in [0, 0.1) is 0 Å². The van der Waals surface area contributed by atoms with Gasteiger partial charge in [-0.1, -0.05) is 54.6 Å². The monoisotopic (exact) mass is 344 g/mol. The summed E-state index contributed by atoms with van der Waals surface area (Å²) >= 11 is 0. The zero-order valence-electron chi connectivity index (χ0n) is 13.8. The summed E-state index contributed by atoms with van der Waals surface area (Å²) in [5, 5.41) is 33.8. The van der Waals surface area contributed by atoms with E-state index in [9.17, 15) is 20.1 Å². The lowest BCUT2D eigenvalue weighted by Crippen LogP contribution is -2.01. The van der Waals surface area contributed by atoms with Crippen LogP contribution in [0.5, 0.6) is 11.5 Å². The van der Waals surface area contributed by atoms with E-state index < -0.39 is 5.97 Å². The molecule has 0 aliphatic carbocycles. The predicted molar refractivity (Wildman–Crippen MR) is 101 cm³/mol. The molecule has 3 N–H and O–H groups in total. The predicted octanol–water partition coefficient (Wildman–Crippen LogP) is 4.69. The third-order valence-corrected chi connectivity index (χ3v) is 4.73. The highest BCUT2D eigenvalue weighted by Crippen LogP contribution is 2.37. The fraction of sp³-hybridized carbons (Fsp3) is 0.0455. The van der Waals surface area contributed by atoms with Gasteiger partial charge in [-0.05, 0) is 33.7 Å². The molecular weight excluding hydrogens is 328 g/mol. The first-order valence-corrected chi connectivity index (χ1v) is 8.22. The Bertz CT molecular complexity index is 1160. The second kappa shape index (κ2) is 6.08. The van der Waals surface area contributed by atoms with Crippen molar-refractivity contribution < 1.29 is 20.1 Å². The molecule has 4 nitrogen and oxygen atoms in total. The molecule has 128 valence electrons. The van der Waals surface area contributed by atoms with Gasteiger partial charge in [0.25, 0.3) is 0 Å². The van der Waals surface area contributed by atoms with Crippen LogP contribution in [0.3, 0.4) is 0 Å². The van der Waals surface area contributed by atoms with Crippen molar-refractivity contribution in [3.05, 3.63) is 83.4 Å². The molecule has 0 spiro atoms. The third-order valence-electron chi connectivity index (χ3n) is 4.73. The second-order valence-corrected chi connectivity index (χ2v) is 6.24. The zero-order chi connectivity index (χ0) is 18.3. The fourth-order valence-corrected chi connectivity index (χ4v) is 3.44. The van der Waals surface area contributed by atoms with Crippen LogP contribution < -0.4 is 0 Å². The van der Waals surface area contributed by atoms with E-state index in [-0.39, 0.29) is 23.5 Å². The van der Waals surface area contributed by atoms with Crippen molar-refractivity contribution in [1.29, 1.82) is 0 Å². The van der Waals surface area contributed by atoms with Gasteiger partial charge >= 0.3 is 5.97 Å². The van der Waals surface area contributed by atoms with Gasteiger partial charge in [-0.25, -0.2) is 4.79 Å². The summed E-state index contributed by atoms with van der Waals surface area (Å²) in [5.74, 6) is -1.33. The van der Waals surface area contributed by atoms with Crippen molar-refractivity contribution in [1.82, 2.24) is 0 Å². The molecule has 0 fully saturated rings. The SMILES string of the molecule is O=C(O)c1cc2ccccc2c(Cc2c(O)ccc3ccccc23)c1O. The van der Waals surface area contributed by atoms with E-state index in [1.807, 2.05) is 54.6 Å². The van der Waals surface area contributed by atoms with E-state index in [1.165, 1.54) is 6.07 Å². The molecule has 26 heavy (non-hydrogen) atoms. The highest BCUT2D eigenvalue weighted by Gasteiger charge is 2.19. The van der Waals surface area contributed by atoms with Crippen LogP contribution in [0.25, 0.3) is 21.5 Å². The normalized spacial score (nSPS) is 11.1. The Morgan fingerprint density at radius 3 is 2.08 bits per heavy atom. The minimum absolute atomic E-state index is 0.118. The molecule has 0 heterocycles. The average Bonchev–Trinajstić information content (AvgIpc) is 2.65. The lowest BCUT2D eigenvalue weighted by molar-refractivity contribution is 0.0693. The quantitative estimate of drug-likeness (QED) is 0.504. The van der Waals surface area contributed by atoms with E-state index in [1.54, 1.807) is 6.07 Å². The molecule has 0 atom stereocenters. The molecule has 0 saturated carbocycles. The largest absolute Gasteiger partial charge is 0.508 e. The standard InChI is InChI=1S/C22H16O4/c23-20-10-9-13-5-1-3-7-15(13)17(20)12-18-16-8-4-2-6-14(16)11-19(21(18)24)22(25)26/h1-11,23-24H,12H2,(H,25,26). The van der Waals surface area contributed by atoms with Gasteiger partial charge in [0.15, 0.2) is 0 Å².